The molecule has 1 aliphatic rings. The number of anilines is 1. The molecular formula is C18H18Cl2N2O. The standard InChI is InChI=1S/C18H18Cl2N2O/c1-22-9-8-12-4-2-3-5-14(12)17(22)11-18(23)21-16-10-13(19)6-7-15(16)20/h2-7,10,17H,8-9,11H2,1H3,(H,21,23). The van der Waals surface area contributed by atoms with E-state index in [1.165, 1.54) is 11.1 Å². The predicted molar refractivity (Wildman–Crippen MR) is 95.2 cm³/mol. The van der Waals surface area contributed by atoms with Gasteiger partial charge in [0.2, 0.25) is 5.91 Å². The van der Waals surface area contributed by atoms with Gasteiger partial charge in [0, 0.05) is 24.0 Å². The Morgan fingerprint density at radius 1 is 1.26 bits per heavy atom. The lowest BCUT2D eigenvalue weighted by atomic mass is 9.91. The van der Waals surface area contributed by atoms with Gasteiger partial charge in [-0.2, -0.15) is 0 Å². The maximum atomic E-state index is 12.5. The molecule has 0 fully saturated rings. The fourth-order valence-electron chi connectivity index (χ4n) is 3.01. The van der Waals surface area contributed by atoms with Crippen molar-refractivity contribution in [3.63, 3.8) is 0 Å². The van der Waals surface area contributed by atoms with Crippen molar-refractivity contribution in [2.75, 3.05) is 18.9 Å². The van der Waals surface area contributed by atoms with E-state index in [0.29, 0.717) is 22.2 Å². The maximum absolute atomic E-state index is 12.5. The summed E-state index contributed by atoms with van der Waals surface area (Å²) in [6.45, 7) is 0.951. The van der Waals surface area contributed by atoms with Crippen LogP contribution in [0.1, 0.15) is 23.6 Å². The van der Waals surface area contributed by atoms with Crippen molar-refractivity contribution in [1.82, 2.24) is 4.90 Å². The summed E-state index contributed by atoms with van der Waals surface area (Å²) in [5.74, 6) is -0.0669. The lowest BCUT2D eigenvalue weighted by molar-refractivity contribution is -0.117. The van der Waals surface area contributed by atoms with E-state index in [9.17, 15) is 4.79 Å². The Bertz CT molecular complexity index is 733. The molecule has 23 heavy (non-hydrogen) atoms. The highest BCUT2D eigenvalue weighted by Gasteiger charge is 2.26. The van der Waals surface area contributed by atoms with Gasteiger partial charge in [0.05, 0.1) is 10.7 Å². The second-order valence-electron chi connectivity index (χ2n) is 5.82. The molecule has 0 bridgehead atoms. The van der Waals surface area contributed by atoms with Crippen LogP contribution in [-0.4, -0.2) is 24.4 Å². The Morgan fingerprint density at radius 3 is 2.87 bits per heavy atom. The molecule has 2 aromatic rings. The molecule has 2 aromatic carbocycles. The van der Waals surface area contributed by atoms with E-state index in [4.69, 9.17) is 23.2 Å². The molecule has 1 heterocycles. The highest BCUT2D eigenvalue weighted by molar-refractivity contribution is 6.35. The minimum absolute atomic E-state index is 0.0669. The second-order valence-corrected chi connectivity index (χ2v) is 6.67. The topological polar surface area (TPSA) is 32.3 Å². The number of fused-ring (bicyclic) bond motifs is 1. The van der Waals surface area contributed by atoms with Crippen LogP contribution in [0.2, 0.25) is 10.0 Å². The van der Waals surface area contributed by atoms with Crippen LogP contribution in [0.3, 0.4) is 0 Å². The third-order valence-corrected chi connectivity index (χ3v) is 4.83. The van der Waals surface area contributed by atoms with E-state index < -0.39 is 0 Å². The highest BCUT2D eigenvalue weighted by atomic mass is 35.5. The number of amides is 1. The zero-order valence-electron chi connectivity index (χ0n) is 12.9. The van der Waals surface area contributed by atoms with E-state index >= 15 is 0 Å². The van der Waals surface area contributed by atoms with Gasteiger partial charge >= 0.3 is 0 Å². The summed E-state index contributed by atoms with van der Waals surface area (Å²) >= 11 is 12.1. The largest absolute Gasteiger partial charge is 0.325 e. The number of likely N-dealkylation sites (N-methyl/N-ethyl adjacent to an activating group) is 1. The number of rotatable bonds is 3. The Kier molecular flexibility index (Phi) is 4.90. The van der Waals surface area contributed by atoms with Crippen LogP contribution in [0.4, 0.5) is 5.69 Å². The SMILES string of the molecule is CN1CCc2ccccc2C1CC(=O)Nc1cc(Cl)ccc1Cl. The van der Waals surface area contributed by atoms with Crippen molar-refractivity contribution in [3.8, 4) is 0 Å². The Morgan fingerprint density at radius 2 is 2.04 bits per heavy atom. The number of nitrogens with zero attached hydrogens (tertiary/aromatic N) is 1. The molecular weight excluding hydrogens is 331 g/mol. The van der Waals surface area contributed by atoms with Gasteiger partial charge in [-0.1, -0.05) is 47.5 Å². The summed E-state index contributed by atoms with van der Waals surface area (Å²) in [5, 5.41) is 3.90. The third kappa shape index (κ3) is 3.69. The van der Waals surface area contributed by atoms with E-state index in [1.807, 2.05) is 12.1 Å². The maximum Gasteiger partial charge on any atom is 0.226 e. The van der Waals surface area contributed by atoms with Gasteiger partial charge in [0.15, 0.2) is 0 Å². The van der Waals surface area contributed by atoms with Gasteiger partial charge in [0.1, 0.15) is 0 Å². The number of benzene rings is 2. The zero-order chi connectivity index (χ0) is 16.4. The van der Waals surface area contributed by atoms with Crippen molar-refractivity contribution >= 4 is 34.8 Å². The van der Waals surface area contributed by atoms with Crippen LogP contribution in [0.15, 0.2) is 42.5 Å². The van der Waals surface area contributed by atoms with Crippen LogP contribution in [0, 0.1) is 0 Å². The average Bonchev–Trinajstić information content (AvgIpc) is 2.54. The minimum atomic E-state index is -0.0669. The first kappa shape index (κ1) is 16.3. The number of carbonyl (C=O) groups excluding carboxylic acids is 1. The predicted octanol–water partition coefficient (Wildman–Crippen LogP) is 4.55. The molecule has 1 N–H and O–H groups in total. The third-order valence-electron chi connectivity index (χ3n) is 4.26. The fraction of sp³-hybridized carbons (Fsp3) is 0.278. The first-order valence-corrected chi connectivity index (χ1v) is 8.33. The molecule has 0 radical (unpaired) electrons. The Hall–Kier alpha value is -1.55. The summed E-state index contributed by atoms with van der Waals surface area (Å²) in [4.78, 5) is 14.7. The molecule has 0 aromatic heterocycles. The van der Waals surface area contributed by atoms with Gasteiger partial charge in [-0.25, -0.2) is 0 Å². The summed E-state index contributed by atoms with van der Waals surface area (Å²) in [6.07, 6.45) is 1.40. The van der Waals surface area contributed by atoms with E-state index in [-0.39, 0.29) is 11.9 Å². The Labute approximate surface area is 146 Å². The van der Waals surface area contributed by atoms with Crippen molar-refractivity contribution in [1.29, 1.82) is 0 Å². The molecule has 3 rings (SSSR count). The van der Waals surface area contributed by atoms with E-state index in [2.05, 4.69) is 29.4 Å². The molecule has 1 unspecified atom stereocenters. The number of carbonyl (C=O) groups is 1. The molecule has 120 valence electrons. The fourth-order valence-corrected chi connectivity index (χ4v) is 3.35. The molecule has 5 heteroatoms. The molecule has 0 saturated carbocycles. The van der Waals surface area contributed by atoms with Gasteiger partial charge in [0.25, 0.3) is 0 Å². The van der Waals surface area contributed by atoms with Gasteiger partial charge in [-0.3, -0.25) is 9.69 Å². The Balaban J connectivity index is 1.76. The smallest absolute Gasteiger partial charge is 0.226 e. The van der Waals surface area contributed by atoms with Crippen LogP contribution >= 0.6 is 23.2 Å². The van der Waals surface area contributed by atoms with Crippen LogP contribution in [0.5, 0.6) is 0 Å². The summed E-state index contributed by atoms with van der Waals surface area (Å²) in [5.41, 5.74) is 3.11. The monoisotopic (exact) mass is 348 g/mol. The highest BCUT2D eigenvalue weighted by Crippen LogP contribution is 2.32. The van der Waals surface area contributed by atoms with Gasteiger partial charge < -0.3 is 5.32 Å². The number of halogens is 2. The minimum Gasteiger partial charge on any atom is -0.325 e. The molecule has 1 atom stereocenters. The zero-order valence-corrected chi connectivity index (χ0v) is 14.4. The van der Waals surface area contributed by atoms with Gasteiger partial charge in [-0.15, -0.1) is 0 Å². The molecule has 3 nitrogen and oxygen atoms in total. The van der Waals surface area contributed by atoms with Crippen molar-refractivity contribution in [3.05, 3.63) is 63.6 Å². The normalized spacial score (nSPS) is 17.6. The summed E-state index contributed by atoms with van der Waals surface area (Å²) in [7, 11) is 2.06. The summed E-state index contributed by atoms with van der Waals surface area (Å²) < 4.78 is 0. The lowest BCUT2D eigenvalue weighted by Crippen LogP contribution is -2.34. The van der Waals surface area contributed by atoms with Crippen LogP contribution < -0.4 is 5.32 Å². The molecule has 1 aliphatic heterocycles. The first-order chi connectivity index (χ1) is 11.0. The number of nitrogens with one attached hydrogen (secondary N) is 1. The van der Waals surface area contributed by atoms with Crippen molar-refractivity contribution < 1.29 is 4.79 Å². The van der Waals surface area contributed by atoms with E-state index in [1.54, 1.807) is 18.2 Å². The molecule has 1 amide bonds. The quantitative estimate of drug-likeness (QED) is 0.882. The number of hydrogen-bond acceptors (Lipinski definition) is 2. The van der Waals surface area contributed by atoms with E-state index in [0.717, 1.165) is 13.0 Å². The molecule has 0 saturated heterocycles. The average molecular weight is 349 g/mol. The van der Waals surface area contributed by atoms with Crippen molar-refractivity contribution in [2.24, 2.45) is 0 Å². The van der Waals surface area contributed by atoms with Gasteiger partial charge in [-0.05, 0) is 42.8 Å². The van der Waals surface area contributed by atoms with Crippen molar-refractivity contribution in [2.45, 2.75) is 18.9 Å². The van der Waals surface area contributed by atoms with Crippen LogP contribution in [0.25, 0.3) is 0 Å². The molecule has 0 aliphatic carbocycles. The summed E-state index contributed by atoms with van der Waals surface area (Å²) in [6, 6.07) is 13.4. The van der Waals surface area contributed by atoms with Crippen LogP contribution in [-0.2, 0) is 11.2 Å². The second kappa shape index (κ2) is 6.91. The first-order valence-electron chi connectivity index (χ1n) is 7.57. The number of hydrogen-bond donors (Lipinski definition) is 1. The lowest BCUT2D eigenvalue weighted by Gasteiger charge is -2.34. The molecule has 0 spiro atoms.